The maximum atomic E-state index is 14.8. The molecule has 0 bridgehead atoms. The van der Waals surface area contributed by atoms with Gasteiger partial charge < -0.3 is 14.8 Å². The van der Waals surface area contributed by atoms with Crippen molar-refractivity contribution in [3.63, 3.8) is 0 Å². The molecule has 2 heterocycles. The van der Waals surface area contributed by atoms with E-state index >= 15 is 0 Å². The van der Waals surface area contributed by atoms with Gasteiger partial charge in [-0.1, -0.05) is 0 Å². The smallest absolute Gasteiger partial charge is 0.333 e. The zero-order chi connectivity index (χ0) is 22.5. The number of anilines is 1. The number of aromatic nitrogens is 2. The number of hydrogen-bond donors (Lipinski definition) is 2. The summed E-state index contributed by atoms with van der Waals surface area (Å²) >= 11 is 0. The van der Waals surface area contributed by atoms with Crippen molar-refractivity contribution >= 4 is 21.7 Å². The Kier molecular flexibility index (Phi) is 5.32. The normalized spacial score (nSPS) is 19.1. The molecule has 0 radical (unpaired) electrons. The van der Waals surface area contributed by atoms with Gasteiger partial charge >= 0.3 is 6.03 Å². The van der Waals surface area contributed by atoms with Crippen molar-refractivity contribution in [3.05, 3.63) is 34.3 Å². The van der Waals surface area contributed by atoms with Crippen LogP contribution in [0.4, 0.5) is 14.9 Å². The molecule has 32 heavy (non-hydrogen) atoms. The fourth-order valence-electron chi connectivity index (χ4n) is 4.93. The molecule has 2 N–H and O–H groups in total. The first-order chi connectivity index (χ1) is 15.4. The number of carbonyl (C=O) groups excluding carboxylic acids is 1. The van der Waals surface area contributed by atoms with Gasteiger partial charge in [0.05, 0.1) is 12.7 Å². The van der Waals surface area contributed by atoms with Crippen molar-refractivity contribution in [2.75, 3.05) is 18.5 Å². The summed E-state index contributed by atoms with van der Waals surface area (Å²) in [4.78, 5) is 12.5. The summed E-state index contributed by atoms with van der Waals surface area (Å²) in [5, 5.41) is 6.78. The Labute approximate surface area is 185 Å². The molecule has 0 saturated carbocycles. The number of amides is 2. The summed E-state index contributed by atoms with van der Waals surface area (Å²) in [5.74, 6) is -0.0811. The molecular formula is C21H25FN4O5S. The minimum absolute atomic E-state index is 0.0739. The van der Waals surface area contributed by atoms with Crippen LogP contribution in [0.25, 0.3) is 0 Å². The number of nitrogens with one attached hydrogen (secondary N) is 2. The van der Waals surface area contributed by atoms with E-state index in [1.165, 1.54) is 4.68 Å². The third-order valence-electron chi connectivity index (χ3n) is 6.27. The second-order valence-electron chi connectivity index (χ2n) is 8.25. The summed E-state index contributed by atoms with van der Waals surface area (Å²) in [6, 6.07) is -0.886. The molecule has 9 nitrogen and oxygen atoms in total. The van der Waals surface area contributed by atoms with E-state index in [1.54, 1.807) is 0 Å². The molecule has 2 aromatic rings. The predicted octanol–water partition coefficient (Wildman–Crippen LogP) is 2.31. The molecule has 5 rings (SSSR count). The lowest BCUT2D eigenvalue weighted by Gasteiger charge is -2.24. The quantitative estimate of drug-likeness (QED) is 0.703. The highest BCUT2D eigenvalue weighted by atomic mass is 32.2. The molecule has 1 aliphatic heterocycles. The molecule has 0 spiro atoms. The molecule has 0 fully saturated rings. The maximum Gasteiger partial charge on any atom is 0.333 e. The van der Waals surface area contributed by atoms with Gasteiger partial charge in [-0.15, -0.1) is 0 Å². The number of hydrogen-bond acceptors (Lipinski definition) is 6. The predicted molar refractivity (Wildman–Crippen MR) is 113 cm³/mol. The van der Waals surface area contributed by atoms with Crippen LogP contribution in [0.15, 0.2) is 11.1 Å². The molecule has 11 heteroatoms. The number of ether oxygens (including phenoxy) is 2. The van der Waals surface area contributed by atoms with Crippen LogP contribution in [0.5, 0.6) is 5.88 Å². The number of fused-ring (bicyclic) bond motifs is 3. The molecule has 0 unspecified atom stereocenters. The van der Waals surface area contributed by atoms with Crippen LogP contribution < -0.4 is 14.8 Å². The van der Waals surface area contributed by atoms with Gasteiger partial charge in [-0.3, -0.25) is 0 Å². The van der Waals surface area contributed by atoms with Gasteiger partial charge in [-0.2, -0.15) is 5.10 Å². The average Bonchev–Trinajstić information content (AvgIpc) is 3.50. The molecular weight excluding hydrogens is 439 g/mol. The molecule has 2 aliphatic carbocycles. The number of halogens is 1. The molecule has 0 saturated heterocycles. The summed E-state index contributed by atoms with van der Waals surface area (Å²) in [7, 11) is -4.23. The first kappa shape index (κ1) is 21.2. The van der Waals surface area contributed by atoms with Crippen LogP contribution in [0.3, 0.4) is 0 Å². The highest BCUT2D eigenvalue weighted by Crippen LogP contribution is 2.41. The van der Waals surface area contributed by atoms with Crippen molar-refractivity contribution in [2.45, 2.75) is 63.0 Å². The summed E-state index contributed by atoms with van der Waals surface area (Å²) in [6.45, 7) is 2.93. The van der Waals surface area contributed by atoms with Crippen LogP contribution in [0.2, 0.25) is 0 Å². The fourth-order valence-corrected chi connectivity index (χ4v) is 5.91. The lowest BCUT2D eigenvalue weighted by atomic mass is 9.98. The van der Waals surface area contributed by atoms with E-state index < -0.39 is 16.1 Å². The summed E-state index contributed by atoms with van der Waals surface area (Å²) < 4.78 is 55.2. The Balaban J connectivity index is 1.37. The Morgan fingerprint density at radius 1 is 1.22 bits per heavy atom. The maximum absolute atomic E-state index is 14.8. The van der Waals surface area contributed by atoms with Crippen molar-refractivity contribution < 1.29 is 27.1 Å². The monoisotopic (exact) mass is 464 g/mol. The van der Waals surface area contributed by atoms with Crippen LogP contribution in [0, 0.1) is 5.82 Å². The topological polar surface area (TPSA) is 112 Å². The van der Waals surface area contributed by atoms with Gasteiger partial charge in [-0.05, 0) is 67.7 Å². The second kappa shape index (κ2) is 8.04. The molecule has 2 amide bonds. The number of benzene rings is 1. The van der Waals surface area contributed by atoms with Gasteiger partial charge in [0.2, 0.25) is 5.88 Å². The van der Waals surface area contributed by atoms with Crippen molar-refractivity contribution in [1.82, 2.24) is 14.5 Å². The second-order valence-corrected chi connectivity index (χ2v) is 9.91. The Hall–Kier alpha value is -2.66. The first-order valence-electron chi connectivity index (χ1n) is 10.9. The Morgan fingerprint density at radius 2 is 1.88 bits per heavy atom. The van der Waals surface area contributed by atoms with E-state index in [1.807, 2.05) is 6.92 Å². The third kappa shape index (κ3) is 3.53. The fraction of sp³-hybridized carbons (Fsp3) is 0.524. The SMILES string of the molecule is CCO[C@H]1COc2c(S(=O)(=O)NC(=O)Nc3c4c(c(F)c5c3CCC5)CCC4)cnn2C1. The van der Waals surface area contributed by atoms with Crippen LogP contribution >= 0.6 is 0 Å². The van der Waals surface area contributed by atoms with Gasteiger partial charge in [0.1, 0.15) is 18.5 Å². The van der Waals surface area contributed by atoms with E-state index in [0.717, 1.165) is 30.2 Å². The standard InChI is InChI=1S/C21H25FN4O5S/c1-2-30-12-10-26-20(31-11-12)17(9-23-26)32(28,29)25-21(27)24-19-15-7-3-5-13(15)18(22)14-6-4-8-16(14)19/h9,12H,2-8,10-11H2,1H3,(H2,24,25,27)/t12-/m1/s1. The van der Waals surface area contributed by atoms with E-state index in [9.17, 15) is 17.6 Å². The third-order valence-corrected chi connectivity index (χ3v) is 7.58. The molecule has 3 aliphatic rings. The summed E-state index contributed by atoms with van der Waals surface area (Å²) in [6.07, 6.45) is 5.14. The molecule has 1 aromatic carbocycles. The highest BCUT2D eigenvalue weighted by molar-refractivity contribution is 7.90. The Bertz CT molecular complexity index is 1160. The number of rotatable bonds is 5. The molecule has 172 valence electrons. The zero-order valence-corrected chi connectivity index (χ0v) is 18.6. The van der Waals surface area contributed by atoms with Crippen molar-refractivity contribution in [1.29, 1.82) is 0 Å². The molecule has 1 atom stereocenters. The minimum atomic E-state index is -4.23. The number of nitrogens with zero attached hydrogens (tertiary/aromatic N) is 2. The number of sulfonamides is 1. The van der Waals surface area contributed by atoms with E-state index in [-0.39, 0.29) is 29.3 Å². The largest absolute Gasteiger partial charge is 0.474 e. The van der Waals surface area contributed by atoms with Gasteiger partial charge in [0.15, 0.2) is 4.90 Å². The lowest BCUT2D eigenvalue weighted by Crippen LogP contribution is -2.36. The van der Waals surface area contributed by atoms with Gasteiger partial charge in [0, 0.05) is 12.3 Å². The van der Waals surface area contributed by atoms with Gasteiger partial charge in [0.25, 0.3) is 10.0 Å². The molecule has 1 aromatic heterocycles. The lowest BCUT2D eigenvalue weighted by molar-refractivity contribution is -0.00761. The van der Waals surface area contributed by atoms with Gasteiger partial charge in [-0.25, -0.2) is 27.0 Å². The van der Waals surface area contributed by atoms with Crippen LogP contribution in [-0.4, -0.2) is 43.5 Å². The first-order valence-corrected chi connectivity index (χ1v) is 12.4. The number of carbonyl (C=O) groups is 1. The number of urea groups is 1. The van der Waals surface area contributed by atoms with E-state index in [4.69, 9.17) is 9.47 Å². The zero-order valence-electron chi connectivity index (χ0n) is 17.7. The van der Waals surface area contributed by atoms with Crippen molar-refractivity contribution in [2.24, 2.45) is 0 Å². The van der Waals surface area contributed by atoms with Crippen LogP contribution in [0.1, 0.15) is 42.0 Å². The highest BCUT2D eigenvalue weighted by Gasteiger charge is 2.33. The minimum Gasteiger partial charge on any atom is -0.474 e. The summed E-state index contributed by atoms with van der Waals surface area (Å²) in [5.41, 5.74) is 3.42. The van der Waals surface area contributed by atoms with Crippen LogP contribution in [-0.2, 0) is 47.0 Å². The van der Waals surface area contributed by atoms with E-state index in [0.29, 0.717) is 55.6 Å². The van der Waals surface area contributed by atoms with Crippen molar-refractivity contribution in [3.8, 4) is 5.88 Å². The van der Waals surface area contributed by atoms with E-state index in [2.05, 4.69) is 15.1 Å². The Morgan fingerprint density at radius 3 is 2.53 bits per heavy atom. The average molecular weight is 465 g/mol.